The molecule has 0 aliphatic carbocycles. The monoisotopic (exact) mass is 683 g/mol. The number of rotatable bonds is 8. The third-order valence-corrected chi connectivity index (χ3v) is 8.62. The lowest BCUT2D eigenvalue weighted by Gasteiger charge is -2.34. The van der Waals surface area contributed by atoms with E-state index >= 15 is 0 Å². The average Bonchev–Trinajstić information content (AvgIpc) is 3.23. The van der Waals surface area contributed by atoms with Crippen molar-refractivity contribution in [3.05, 3.63) is 78.4 Å². The standard InChI is InChI=1S/C28H35ClN5O11P/c1-26(2,3)23(36)42-20-21(43-24(37)27(4,5)6)28(32-33-30,44-22(20)34-12-10-19(35)31-25(34)38)15-41-46(39)40-13-11-18(45-46)16-8-7-9-17(29)14-16/h7-10,12,14,18,20-22H,11,13,15H2,1-6H3,(H,31,35,38)/t18-,20+,21-,22+,28+,46+/m0/s1. The molecule has 46 heavy (non-hydrogen) atoms. The molecule has 6 atom stereocenters. The van der Waals surface area contributed by atoms with E-state index < -0.39 is 78.7 Å². The van der Waals surface area contributed by atoms with Crippen LogP contribution in [-0.4, -0.2) is 52.6 Å². The van der Waals surface area contributed by atoms with Crippen molar-refractivity contribution in [1.29, 1.82) is 0 Å². The van der Waals surface area contributed by atoms with Crippen LogP contribution in [0.2, 0.25) is 5.02 Å². The third-order valence-electron chi connectivity index (χ3n) is 6.93. The van der Waals surface area contributed by atoms with Crippen molar-refractivity contribution in [2.75, 3.05) is 13.2 Å². The Morgan fingerprint density at radius 2 is 1.83 bits per heavy atom. The van der Waals surface area contributed by atoms with E-state index in [1.807, 2.05) is 0 Å². The zero-order chi connectivity index (χ0) is 34.1. The van der Waals surface area contributed by atoms with E-state index in [0.29, 0.717) is 17.0 Å². The lowest BCUT2D eigenvalue weighted by Crippen LogP contribution is -2.50. The van der Waals surface area contributed by atoms with Gasteiger partial charge in [0.05, 0.1) is 30.1 Å². The third kappa shape index (κ3) is 7.89. The van der Waals surface area contributed by atoms with Gasteiger partial charge in [-0.05, 0) is 64.8 Å². The fourth-order valence-corrected chi connectivity index (χ4v) is 6.06. The number of esters is 2. The molecule has 1 N–H and O–H groups in total. The van der Waals surface area contributed by atoms with Crippen LogP contribution in [0.1, 0.15) is 65.9 Å². The van der Waals surface area contributed by atoms with Gasteiger partial charge in [0, 0.05) is 28.6 Å². The van der Waals surface area contributed by atoms with E-state index in [0.717, 1.165) is 16.8 Å². The molecule has 0 saturated carbocycles. The summed E-state index contributed by atoms with van der Waals surface area (Å²) in [5.74, 6) is -1.63. The SMILES string of the molecule is CC(C)(C)C(=O)O[C@H]1[C@H](n2ccc(=O)[nH]c2=O)O[C@@](CO[P@@]2(=O)OCC[C@@H](c3cccc(Cl)c3)O2)(N=[N+]=[N-])[C@H]1OC(=O)C(C)(C)C. The largest absolute Gasteiger partial charge is 0.475 e. The highest BCUT2D eigenvalue weighted by atomic mass is 35.5. The quantitative estimate of drug-likeness (QED) is 0.129. The Morgan fingerprint density at radius 3 is 2.43 bits per heavy atom. The van der Waals surface area contributed by atoms with Crippen LogP contribution < -0.4 is 11.2 Å². The highest BCUT2D eigenvalue weighted by molar-refractivity contribution is 7.48. The molecule has 1 aromatic carbocycles. The van der Waals surface area contributed by atoms with E-state index in [9.17, 15) is 29.3 Å². The number of carbonyl (C=O) groups excluding carboxylic acids is 2. The number of nitrogens with zero attached hydrogens (tertiary/aromatic N) is 4. The molecule has 0 radical (unpaired) electrons. The fourth-order valence-electron chi connectivity index (χ4n) is 4.45. The number of phosphoric ester groups is 1. The average molecular weight is 684 g/mol. The normalized spacial score (nSPS) is 28.2. The van der Waals surface area contributed by atoms with E-state index in [-0.39, 0.29) is 6.61 Å². The van der Waals surface area contributed by atoms with E-state index in [1.165, 1.54) is 0 Å². The number of nitrogens with one attached hydrogen (secondary N) is 1. The Labute approximate surface area is 268 Å². The van der Waals surface area contributed by atoms with Gasteiger partial charge in [0.2, 0.25) is 5.72 Å². The maximum absolute atomic E-state index is 13.7. The first kappa shape index (κ1) is 35.4. The topological polar surface area (TPSA) is 210 Å². The van der Waals surface area contributed by atoms with E-state index in [1.54, 1.807) is 65.8 Å². The Hall–Kier alpha value is -3.49. The van der Waals surface area contributed by atoms with Gasteiger partial charge < -0.3 is 14.2 Å². The molecule has 2 aromatic rings. The first-order chi connectivity index (χ1) is 21.4. The van der Waals surface area contributed by atoms with Gasteiger partial charge in [0.1, 0.15) is 0 Å². The molecule has 1 aromatic heterocycles. The highest BCUT2D eigenvalue weighted by Crippen LogP contribution is 2.58. The predicted octanol–water partition coefficient (Wildman–Crippen LogP) is 4.94. The number of halogens is 1. The first-order valence-corrected chi connectivity index (χ1v) is 16.0. The van der Waals surface area contributed by atoms with Gasteiger partial charge in [0.25, 0.3) is 5.56 Å². The van der Waals surface area contributed by atoms with Gasteiger partial charge in [-0.2, -0.15) is 0 Å². The minimum Gasteiger partial charge on any atom is -0.454 e. The summed E-state index contributed by atoms with van der Waals surface area (Å²) in [6, 6.07) is 7.71. The van der Waals surface area contributed by atoms with Crippen molar-refractivity contribution >= 4 is 31.4 Å². The number of aromatic nitrogens is 2. The summed E-state index contributed by atoms with van der Waals surface area (Å²) in [6.07, 6.45) is -4.45. The molecular weight excluding hydrogens is 649 g/mol. The molecule has 2 saturated heterocycles. The molecule has 2 aliphatic rings. The van der Waals surface area contributed by atoms with Crippen LogP contribution in [0.3, 0.4) is 0 Å². The van der Waals surface area contributed by atoms with Crippen molar-refractivity contribution in [2.24, 2.45) is 15.9 Å². The fraction of sp³-hybridized carbons (Fsp3) is 0.571. The van der Waals surface area contributed by atoms with Gasteiger partial charge in [-0.15, -0.1) is 0 Å². The lowest BCUT2D eigenvalue weighted by molar-refractivity contribution is -0.182. The Balaban J connectivity index is 1.79. The number of aromatic amines is 1. The van der Waals surface area contributed by atoms with Crippen LogP contribution >= 0.6 is 19.4 Å². The zero-order valence-electron chi connectivity index (χ0n) is 26.0. The zero-order valence-corrected chi connectivity index (χ0v) is 27.6. The maximum atomic E-state index is 13.7. The number of carbonyl (C=O) groups is 2. The number of benzene rings is 1. The molecule has 3 heterocycles. The van der Waals surface area contributed by atoms with Crippen LogP contribution in [-0.2, 0) is 41.9 Å². The first-order valence-electron chi connectivity index (χ1n) is 14.2. The van der Waals surface area contributed by atoms with Crippen molar-refractivity contribution in [1.82, 2.24) is 9.55 Å². The van der Waals surface area contributed by atoms with E-state index in [4.69, 9.17) is 39.4 Å². The van der Waals surface area contributed by atoms with Crippen molar-refractivity contribution in [3.8, 4) is 0 Å². The number of ether oxygens (including phenoxy) is 3. The number of azide groups is 1. The molecule has 0 spiro atoms. The molecule has 250 valence electrons. The molecule has 0 unspecified atom stereocenters. The van der Waals surface area contributed by atoms with Gasteiger partial charge >= 0.3 is 25.5 Å². The second kappa shape index (κ2) is 13.3. The molecular formula is C28H35ClN5O11P. The second-order valence-electron chi connectivity index (χ2n) is 12.7. The highest BCUT2D eigenvalue weighted by Gasteiger charge is 2.62. The number of H-pyrrole nitrogens is 1. The summed E-state index contributed by atoms with van der Waals surface area (Å²) in [4.78, 5) is 56.1. The second-order valence-corrected chi connectivity index (χ2v) is 14.8. The Bertz CT molecular complexity index is 1690. The molecule has 0 bridgehead atoms. The summed E-state index contributed by atoms with van der Waals surface area (Å²) in [5, 5.41) is 4.17. The number of hydrogen-bond donors (Lipinski definition) is 1. The number of phosphoric acid groups is 1. The Kier molecular flexibility index (Phi) is 10.2. The lowest BCUT2D eigenvalue weighted by atomic mass is 9.96. The summed E-state index contributed by atoms with van der Waals surface area (Å²) in [7, 11) is -4.41. The maximum Gasteiger partial charge on any atom is 0.475 e. The van der Waals surface area contributed by atoms with Crippen LogP contribution in [0.15, 0.2) is 51.2 Å². The van der Waals surface area contributed by atoms with Gasteiger partial charge in [-0.1, -0.05) is 28.8 Å². The molecule has 4 rings (SSSR count). The minimum absolute atomic E-state index is 0.0481. The van der Waals surface area contributed by atoms with E-state index in [2.05, 4.69) is 15.0 Å². The smallest absolute Gasteiger partial charge is 0.454 e. The summed E-state index contributed by atoms with van der Waals surface area (Å²) in [5.41, 5.74) is 3.94. The minimum atomic E-state index is -4.41. The summed E-state index contributed by atoms with van der Waals surface area (Å²) in [6.45, 7) is 8.37. The molecule has 0 amide bonds. The molecule has 2 fully saturated rings. The van der Waals surface area contributed by atoms with Gasteiger partial charge in [-0.25, -0.2) is 9.36 Å². The molecule has 16 nitrogen and oxygen atoms in total. The van der Waals surface area contributed by atoms with Crippen LogP contribution in [0, 0.1) is 10.8 Å². The van der Waals surface area contributed by atoms with Crippen LogP contribution in [0.4, 0.5) is 0 Å². The summed E-state index contributed by atoms with van der Waals surface area (Å²) >= 11 is 6.12. The molecule has 2 aliphatic heterocycles. The number of hydrogen-bond acceptors (Lipinski definition) is 12. The molecule has 18 heteroatoms. The van der Waals surface area contributed by atoms with Crippen molar-refractivity contribution < 1.29 is 41.9 Å². The Morgan fingerprint density at radius 1 is 1.15 bits per heavy atom. The van der Waals surface area contributed by atoms with Crippen molar-refractivity contribution in [3.63, 3.8) is 0 Å². The predicted molar refractivity (Wildman–Crippen MR) is 161 cm³/mol. The van der Waals surface area contributed by atoms with Gasteiger partial charge in [-0.3, -0.25) is 37.5 Å². The summed E-state index contributed by atoms with van der Waals surface area (Å²) < 4.78 is 49.1. The van der Waals surface area contributed by atoms with Crippen molar-refractivity contribution in [2.45, 2.75) is 78.2 Å². The van der Waals surface area contributed by atoms with Crippen LogP contribution in [0.25, 0.3) is 10.4 Å². The van der Waals surface area contributed by atoms with Crippen LogP contribution in [0.5, 0.6) is 0 Å². The van der Waals surface area contributed by atoms with Gasteiger partial charge in [0.15, 0.2) is 18.4 Å².